The number of benzene rings is 2. The molecule has 1 amide bonds. The molecule has 1 N–H and O–H groups in total. The van der Waals surface area contributed by atoms with E-state index in [4.69, 9.17) is 23.2 Å². The van der Waals surface area contributed by atoms with Gasteiger partial charge in [-0.2, -0.15) is 5.10 Å². The Bertz CT molecular complexity index is 1030. The van der Waals surface area contributed by atoms with Gasteiger partial charge in [-0.15, -0.1) is 0 Å². The highest BCUT2D eigenvalue weighted by atomic mass is 35.5. The van der Waals surface area contributed by atoms with E-state index in [1.165, 1.54) is 5.56 Å². The van der Waals surface area contributed by atoms with Crippen molar-refractivity contribution in [3.8, 4) is 11.3 Å². The van der Waals surface area contributed by atoms with E-state index < -0.39 is 0 Å². The van der Waals surface area contributed by atoms with Gasteiger partial charge in [-0.25, -0.2) is 0 Å². The first-order valence-electron chi connectivity index (χ1n) is 9.42. The summed E-state index contributed by atoms with van der Waals surface area (Å²) in [5, 5.41) is 8.45. The Morgan fingerprint density at radius 2 is 1.86 bits per heavy atom. The van der Waals surface area contributed by atoms with E-state index in [1.54, 1.807) is 6.07 Å². The van der Waals surface area contributed by atoms with Gasteiger partial charge in [0.2, 0.25) is 0 Å². The quantitative estimate of drug-likeness (QED) is 0.554. The average Bonchev–Trinajstić information content (AvgIpc) is 3.22. The molecule has 2 aromatic carbocycles. The van der Waals surface area contributed by atoms with Gasteiger partial charge in [-0.05, 0) is 31.0 Å². The Hall–Kier alpha value is -2.30. The molecule has 1 aliphatic heterocycles. The number of aryl methyl sites for hydroxylation is 1. The van der Waals surface area contributed by atoms with E-state index >= 15 is 0 Å². The SMILES string of the molecule is CCCCN1C(=O)c2[nH]nc(-c3ccc(C)cc3)c2C1c1ccc(Cl)c(Cl)c1. The molecule has 1 unspecified atom stereocenters. The monoisotopic (exact) mass is 413 g/mol. The van der Waals surface area contributed by atoms with Crippen LogP contribution in [0.4, 0.5) is 0 Å². The van der Waals surface area contributed by atoms with E-state index in [0.29, 0.717) is 22.3 Å². The summed E-state index contributed by atoms with van der Waals surface area (Å²) in [6.07, 6.45) is 1.94. The zero-order chi connectivity index (χ0) is 19.8. The number of rotatable bonds is 5. The first-order chi connectivity index (χ1) is 13.5. The number of H-pyrrole nitrogens is 1. The Balaban J connectivity index is 1.87. The third-order valence-corrected chi connectivity index (χ3v) is 5.94. The molecule has 0 aliphatic carbocycles. The van der Waals surface area contributed by atoms with Crippen LogP contribution in [0.5, 0.6) is 0 Å². The van der Waals surface area contributed by atoms with E-state index in [-0.39, 0.29) is 11.9 Å². The molecule has 0 bridgehead atoms. The van der Waals surface area contributed by atoms with Gasteiger partial charge in [-0.1, -0.05) is 72.4 Å². The molecule has 1 aliphatic rings. The van der Waals surface area contributed by atoms with Crippen LogP contribution in [0.2, 0.25) is 10.0 Å². The third kappa shape index (κ3) is 3.21. The maximum Gasteiger partial charge on any atom is 0.273 e. The summed E-state index contributed by atoms with van der Waals surface area (Å²) in [5.41, 5.74) is 5.37. The van der Waals surface area contributed by atoms with E-state index in [9.17, 15) is 4.79 Å². The summed E-state index contributed by atoms with van der Waals surface area (Å²) in [7, 11) is 0. The summed E-state index contributed by atoms with van der Waals surface area (Å²) in [6.45, 7) is 4.84. The predicted molar refractivity (Wildman–Crippen MR) is 113 cm³/mol. The van der Waals surface area contributed by atoms with Crippen LogP contribution >= 0.6 is 23.2 Å². The lowest BCUT2D eigenvalue weighted by Gasteiger charge is -2.26. The van der Waals surface area contributed by atoms with Crippen LogP contribution in [-0.2, 0) is 0 Å². The van der Waals surface area contributed by atoms with Gasteiger partial charge >= 0.3 is 0 Å². The minimum absolute atomic E-state index is 0.0228. The molecule has 3 aromatic rings. The van der Waals surface area contributed by atoms with Crippen LogP contribution in [0.3, 0.4) is 0 Å². The van der Waals surface area contributed by atoms with Gasteiger partial charge in [-0.3, -0.25) is 9.89 Å². The second-order valence-electron chi connectivity index (χ2n) is 7.16. The van der Waals surface area contributed by atoms with Crippen molar-refractivity contribution in [3.63, 3.8) is 0 Å². The minimum atomic E-state index is -0.237. The number of unbranched alkanes of at least 4 members (excludes halogenated alkanes) is 1. The standard InChI is InChI=1S/C22H21Cl2N3O/c1-3-4-11-27-21(15-9-10-16(23)17(24)12-15)18-19(25-26-20(18)22(27)28)14-7-5-13(2)6-8-14/h5-10,12,21H,3-4,11H2,1-2H3,(H,25,26). The number of hydrogen-bond donors (Lipinski definition) is 1. The van der Waals surface area contributed by atoms with Crippen molar-refractivity contribution >= 4 is 29.1 Å². The summed E-state index contributed by atoms with van der Waals surface area (Å²) < 4.78 is 0. The van der Waals surface area contributed by atoms with Crippen LogP contribution in [0, 0.1) is 6.92 Å². The maximum absolute atomic E-state index is 13.1. The Kier molecular flexibility index (Phi) is 5.17. The van der Waals surface area contributed by atoms with Crippen LogP contribution < -0.4 is 0 Å². The maximum atomic E-state index is 13.1. The molecule has 1 atom stereocenters. The molecule has 0 spiro atoms. The first-order valence-corrected chi connectivity index (χ1v) is 10.2. The number of nitrogens with zero attached hydrogens (tertiary/aromatic N) is 2. The number of halogens is 2. The molecule has 0 saturated heterocycles. The molecular formula is C22H21Cl2N3O. The predicted octanol–water partition coefficient (Wildman–Crippen LogP) is 6.04. The number of nitrogens with one attached hydrogen (secondary N) is 1. The first kappa shape index (κ1) is 19.0. The largest absolute Gasteiger partial charge is 0.326 e. The van der Waals surface area contributed by atoms with Crippen molar-refractivity contribution in [2.75, 3.05) is 6.54 Å². The van der Waals surface area contributed by atoms with Gasteiger partial charge < -0.3 is 4.90 Å². The molecule has 0 radical (unpaired) electrons. The van der Waals surface area contributed by atoms with Crippen LogP contribution in [0.15, 0.2) is 42.5 Å². The molecule has 4 nitrogen and oxygen atoms in total. The number of carbonyl (C=O) groups is 1. The van der Waals surface area contributed by atoms with Crippen LogP contribution in [-0.4, -0.2) is 27.5 Å². The zero-order valence-electron chi connectivity index (χ0n) is 15.8. The van der Waals surface area contributed by atoms with E-state index in [2.05, 4.69) is 29.3 Å². The lowest BCUT2D eigenvalue weighted by molar-refractivity contribution is 0.0741. The second kappa shape index (κ2) is 7.61. The fraction of sp³-hybridized carbons (Fsp3) is 0.273. The van der Waals surface area contributed by atoms with Crippen molar-refractivity contribution in [1.82, 2.24) is 15.1 Å². The molecule has 6 heteroatoms. The fourth-order valence-corrected chi connectivity index (χ4v) is 4.02. The highest BCUT2D eigenvalue weighted by Gasteiger charge is 2.41. The van der Waals surface area contributed by atoms with E-state index in [0.717, 1.165) is 35.2 Å². The molecular weight excluding hydrogens is 393 g/mol. The lowest BCUT2D eigenvalue weighted by atomic mass is 9.95. The molecule has 0 fully saturated rings. The minimum Gasteiger partial charge on any atom is -0.326 e. The van der Waals surface area contributed by atoms with Gasteiger partial charge in [0.05, 0.1) is 21.8 Å². The Morgan fingerprint density at radius 3 is 2.54 bits per heavy atom. The van der Waals surface area contributed by atoms with Crippen molar-refractivity contribution in [2.45, 2.75) is 32.7 Å². The number of carbonyl (C=O) groups excluding carboxylic acids is 1. The number of aromatic amines is 1. The number of aromatic nitrogens is 2. The van der Waals surface area contributed by atoms with E-state index in [1.807, 2.05) is 36.1 Å². The highest BCUT2D eigenvalue weighted by molar-refractivity contribution is 6.42. The normalized spacial score (nSPS) is 15.9. The van der Waals surface area contributed by atoms with Gasteiger partial charge in [0, 0.05) is 17.7 Å². The number of amides is 1. The Morgan fingerprint density at radius 1 is 1.11 bits per heavy atom. The highest BCUT2D eigenvalue weighted by Crippen LogP contribution is 2.43. The molecule has 144 valence electrons. The van der Waals surface area contributed by atoms with Gasteiger partial charge in [0.1, 0.15) is 5.69 Å². The fourth-order valence-electron chi connectivity index (χ4n) is 3.72. The number of hydrogen-bond acceptors (Lipinski definition) is 2. The van der Waals surface area contributed by atoms with Crippen LogP contribution in [0.1, 0.15) is 53.0 Å². The lowest BCUT2D eigenvalue weighted by Crippen LogP contribution is -2.30. The van der Waals surface area contributed by atoms with Crippen molar-refractivity contribution in [2.24, 2.45) is 0 Å². The summed E-state index contributed by atoms with van der Waals surface area (Å²) in [4.78, 5) is 15.0. The smallest absolute Gasteiger partial charge is 0.273 e. The molecule has 2 heterocycles. The topological polar surface area (TPSA) is 49.0 Å². The van der Waals surface area contributed by atoms with Crippen molar-refractivity contribution in [1.29, 1.82) is 0 Å². The number of fused-ring (bicyclic) bond motifs is 1. The van der Waals surface area contributed by atoms with Gasteiger partial charge in [0.25, 0.3) is 5.91 Å². The molecule has 0 saturated carbocycles. The summed E-state index contributed by atoms with van der Waals surface area (Å²) in [5.74, 6) is -0.0228. The van der Waals surface area contributed by atoms with Crippen LogP contribution in [0.25, 0.3) is 11.3 Å². The van der Waals surface area contributed by atoms with Crippen molar-refractivity contribution in [3.05, 3.63) is 74.9 Å². The molecule has 28 heavy (non-hydrogen) atoms. The Labute approximate surface area is 174 Å². The van der Waals surface area contributed by atoms with Gasteiger partial charge in [0.15, 0.2) is 0 Å². The molecule has 1 aromatic heterocycles. The van der Waals surface area contributed by atoms with Crippen molar-refractivity contribution < 1.29 is 4.79 Å². The molecule has 4 rings (SSSR count). The third-order valence-electron chi connectivity index (χ3n) is 5.20. The second-order valence-corrected chi connectivity index (χ2v) is 7.97. The average molecular weight is 414 g/mol. The zero-order valence-corrected chi connectivity index (χ0v) is 17.3. The summed E-state index contributed by atoms with van der Waals surface area (Å²) >= 11 is 12.4. The summed E-state index contributed by atoms with van der Waals surface area (Å²) in [6, 6.07) is 13.5.